The fourth-order valence-corrected chi connectivity index (χ4v) is 4.60. The third-order valence-electron chi connectivity index (χ3n) is 4.09. The van der Waals surface area contributed by atoms with Crippen molar-refractivity contribution in [3.05, 3.63) is 65.6 Å². The second kappa shape index (κ2) is 4.74. The summed E-state index contributed by atoms with van der Waals surface area (Å²) in [5, 5.41) is -0.287. The zero-order valence-corrected chi connectivity index (χ0v) is 12.0. The number of hydrogen-bond acceptors (Lipinski definition) is 3. The van der Waals surface area contributed by atoms with Crippen molar-refractivity contribution in [1.82, 2.24) is 0 Å². The van der Waals surface area contributed by atoms with E-state index in [-0.39, 0.29) is 28.9 Å². The molecule has 1 aliphatic carbocycles. The van der Waals surface area contributed by atoms with Gasteiger partial charge in [0, 0.05) is 5.92 Å². The van der Waals surface area contributed by atoms with Crippen molar-refractivity contribution < 1.29 is 9.59 Å². The van der Waals surface area contributed by atoms with Gasteiger partial charge in [-0.25, -0.2) is 4.90 Å². The molecule has 2 saturated heterocycles. The Bertz CT molecular complexity index is 705. The summed E-state index contributed by atoms with van der Waals surface area (Å²) in [5.74, 6) is -0.415. The third-order valence-corrected chi connectivity index (χ3v) is 5.52. The molecule has 0 aromatic heterocycles. The smallest absolute Gasteiger partial charge is 0.248 e. The molecule has 0 spiro atoms. The normalized spacial score (nSPS) is 30.2. The Hall–Kier alpha value is -2.07. The van der Waals surface area contributed by atoms with Gasteiger partial charge in [0.2, 0.25) is 11.8 Å². The first-order valence-corrected chi connectivity index (χ1v) is 7.80. The van der Waals surface area contributed by atoms with Gasteiger partial charge in [-0.15, -0.1) is 11.8 Å². The Morgan fingerprint density at radius 2 is 1.76 bits per heavy atom. The van der Waals surface area contributed by atoms with E-state index in [9.17, 15) is 9.59 Å². The minimum Gasteiger partial charge on any atom is -0.274 e. The molecule has 0 bridgehead atoms. The van der Waals surface area contributed by atoms with Gasteiger partial charge in [0.05, 0.1) is 11.6 Å². The number of thioether (sulfide) groups is 1. The molecular weight excluding hydrogens is 282 g/mol. The molecule has 0 N–H and O–H groups in total. The fraction of sp³-hybridized carbons (Fsp3) is 0.176. The number of anilines is 1. The van der Waals surface area contributed by atoms with E-state index in [2.05, 4.69) is 0 Å². The van der Waals surface area contributed by atoms with Crippen molar-refractivity contribution in [3.8, 4) is 0 Å². The second-order valence-electron chi connectivity index (χ2n) is 5.28. The molecule has 2 fully saturated rings. The lowest BCUT2D eigenvalue weighted by molar-refractivity contribution is -0.122. The molecule has 3 aliphatic rings. The minimum absolute atomic E-state index is 0.0279. The first kappa shape index (κ1) is 12.7. The van der Waals surface area contributed by atoms with Crippen LogP contribution in [0.1, 0.15) is 0 Å². The van der Waals surface area contributed by atoms with Crippen molar-refractivity contribution >= 4 is 29.3 Å². The zero-order valence-electron chi connectivity index (χ0n) is 11.2. The monoisotopic (exact) mass is 295 g/mol. The predicted octanol–water partition coefficient (Wildman–Crippen LogP) is 2.92. The van der Waals surface area contributed by atoms with Crippen LogP contribution < -0.4 is 4.90 Å². The summed E-state index contributed by atoms with van der Waals surface area (Å²) in [6.07, 6.45) is 9.93. The molecule has 2 aliphatic heterocycles. The molecule has 104 valence electrons. The molecule has 3 nitrogen and oxygen atoms in total. The number of benzene rings is 1. The van der Waals surface area contributed by atoms with E-state index in [1.165, 1.54) is 16.7 Å². The standard InChI is InChI=1S/C17H13NO2S/c19-16-14-12-9-5-2-6-10-13(12)21-15(14)17(20)18(16)11-7-3-1-4-8-11/h1-10,12,14-15H/t12-,14-,15+/m1/s1. The van der Waals surface area contributed by atoms with Crippen LogP contribution in [0.5, 0.6) is 0 Å². The van der Waals surface area contributed by atoms with Crippen LogP contribution in [0.2, 0.25) is 0 Å². The van der Waals surface area contributed by atoms with Crippen LogP contribution in [0.4, 0.5) is 5.69 Å². The molecule has 0 radical (unpaired) electrons. The maximum atomic E-state index is 12.8. The van der Waals surface area contributed by atoms with E-state index in [4.69, 9.17) is 0 Å². The van der Waals surface area contributed by atoms with Crippen LogP contribution in [-0.2, 0) is 9.59 Å². The van der Waals surface area contributed by atoms with Crippen molar-refractivity contribution in [2.24, 2.45) is 11.8 Å². The quantitative estimate of drug-likeness (QED) is 0.748. The average Bonchev–Trinajstić information content (AvgIpc) is 2.86. The van der Waals surface area contributed by atoms with E-state index in [1.807, 2.05) is 60.7 Å². The van der Waals surface area contributed by atoms with Gasteiger partial charge >= 0.3 is 0 Å². The molecule has 0 saturated carbocycles. The molecule has 3 atom stereocenters. The third kappa shape index (κ3) is 1.83. The highest BCUT2D eigenvalue weighted by atomic mass is 32.2. The summed E-state index contributed by atoms with van der Waals surface area (Å²) in [4.78, 5) is 27.9. The number of imide groups is 1. The fourth-order valence-electron chi connectivity index (χ4n) is 3.13. The van der Waals surface area contributed by atoms with Gasteiger partial charge < -0.3 is 0 Å². The lowest BCUT2D eigenvalue weighted by Gasteiger charge is -2.18. The van der Waals surface area contributed by atoms with E-state index in [0.717, 1.165) is 4.91 Å². The largest absolute Gasteiger partial charge is 0.274 e. The van der Waals surface area contributed by atoms with Crippen molar-refractivity contribution in [3.63, 3.8) is 0 Å². The highest BCUT2D eigenvalue weighted by Gasteiger charge is 2.56. The summed E-state index contributed by atoms with van der Waals surface area (Å²) in [6.45, 7) is 0. The summed E-state index contributed by atoms with van der Waals surface area (Å²) < 4.78 is 0. The van der Waals surface area contributed by atoms with Crippen LogP contribution in [0.3, 0.4) is 0 Å². The Kier molecular flexibility index (Phi) is 2.86. The maximum Gasteiger partial charge on any atom is 0.248 e. The first-order valence-electron chi connectivity index (χ1n) is 6.92. The number of para-hydroxylation sites is 1. The Morgan fingerprint density at radius 3 is 2.57 bits per heavy atom. The van der Waals surface area contributed by atoms with E-state index in [1.54, 1.807) is 0 Å². The molecule has 4 heteroatoms. The number of amides is 2. The van der Waals surface area contributed by atoms with Crippen molar-refractivity contribution in [2.75, 3.05) is 4.90 Å². The Balaban J connectivity index is 1.74. The van der Waals surface area contributed by atoms with Gasteiger partial charge in [-0.1, -0.05) is 48.6 Å². The van der Waals surface area contributed by atoms with Crippen LogP contribution >= 0.6 is 11.8 Å². The van der Waals surface area contributed by atoms with Crippen molar-refractivity contribution in [1.29, 1.82) is 0 Å². The Morgan fingerprint density at radius 1 is 0.952 bits per heavy atom. The van der Waals surface area contributed by atoms with E-state index < -0.39 is 0 Å². The van der Waals surface area contributed by atoms with Gasteiger partial charge in [-0.05, 0) is 17.0 Å². The van der Waals surface area contributed by atoms with Crippen LogP contribution in [0.15, 0.2) is 65.6 Å². The highest BCUT2D eigenvalue weighted by molar-refractivity contribution is 8.04. The SMILES string of the molecule is O=C1[C@@H]2[C@@H]3C=CC=CC=C3S[C@@H]2C(=O)N1c1ccccc1. The van der Waals surface area contributed by atoms with E-state index >= 15 is 0 Å². The summed E-state index contributed by atoms with van der Waals surface area (Å²) in [7, 11) is 0. The average molecular weight is 295 g/mol. The molecular formula is C17H13NO2S. The number of allylic oxidation sites excluding steroid dienone is 6. The molecule has 1 aromatic carbocycles. The maximum absolute atomic E-state index is 12.8. The minimum atomic E-state index is -0.287. The van der Waals surface area contributed by atoms with Gasteiger partial charge in [0.1, 0.15) is 5.25 Å². The lowest BCUT2D eigenvalue weighted by Crippen LogP contribution is -2.32. The molecule has 0 unspecified atom stereocenters. The first-order chi connectivity index (χ1) is 10.3. The number of carbonyl (C=O) groups excluding carboxylic acids is 2. The number of carbonyl (C=O) groups is 2. The molecule has 1 aromatic rings. The van der Waals surface area contributed by atoms with Gasteiger partial charge in [-0.2, -0.15) is 0 Å². The predicted molar refractivity (Wildman–Crippen MR) is 83.7 cm³/mol. The number of hydrogen-bond donors (Lipinski definition) is 0. The summed E-state index contributed by atoms with van der Waals surface area (Å²) >= 11 is 1.54. The zero-order chi connectivity index (χ0) is 14.4. The topological polar surface area (TPSA) is 37.4 Å². The number of nitrogens with zero attached hydrogens (tertiary/aromatic N) is 1. The van der Waals surface area contributed by atoms with Crippen LogP contribution in [0.25, 0.3) is 0 Å². The van der Waals surface area contributed by atoms with E-state index in [0.29, 0.717) is 5.69 Å². The van der Waals surface area contributed by atoms with Gasteiger partial charge in [0.25, 0.3) is 0 Å². The van der Waals surface area contributed by atoms with Gasteiger partial charge in [0.15, 0.2) is 0 Å². The second-order valence-corrected chi connectivity index (χ2v) is 6.49. The molecule has 4 rings (SSSR count). The van der Waals surface area contributed by atoms with Gasteiger partial charge in [-0.3, -0.25) is 9.59 Å². The number of rotatable bonds is 1. The summed E-state index contributed by atoms with van der Waals surface area (Å²) in [5.41, 5.74) is 0.670. The number of fused-ring (bicyclic) bond motifs is 3. The van der Waals surface area contributed by atoms with Crippen LogP contribution in [-0.4, -0.2) is 17.1 Å². The Labute approximate surface area is 127 Å². The molecule has 21 heavy (non-hydrogen) atoms. The molecule has 2 amide bonds. The molecule has 2 heterocycles. The van der Waals surface area contributed by atoms with Crippen molar-refractivity contribution in [2.45, 2.75) is 5.25 Å². The summed E-state index contributed by atoms with van der Waals surface area (Å²) in [6, 6.07) is 9.19. The highest BCUT2D eigenvalue weighted by Crippen LogP contribution is 2.52. The lowest BCUT2D eigenvalue weighted by atomic mass is 9.90. The van der Waals surface area contributed by atoms with Crippen LogP contribution in [0, 0.1) is 11.8 Å².